The molecule has 2 amide bonds. The van der Waals surface area contributed by atoms with Gasteiger partial charge in [0.2, 0.25) is 0 Å². The molecule has 1 N–H and O–H groups in total. The first-order valence-corrected chi connectivity index (χ1v) is 4.83. The molecule has 0 spiro atoms. The molecule has 0 aliphatic carbocycles. The monoisotopic (exact) mass is 230 g/mol. The Balaban J connectivity index is 4.64. The van der Waals surface area contributed by atoms with Gasteiger partial charge in [-0.05, 0) is 6.92 Å². The summed E-state index contributed by atoms with van der Waals surface area (Å²) < 4.78 is 9.04. The molecular formula is C10H18N2O4+. The van der Waals surface area contributed by atoms with Crippen LogP contribution in [0.15, 0.2) is 12.7 Å². The molecule has 1 radical (unpaired) electrons. The number of ether oxygens (including phenoxy) is 2. The molecule has 0 saturated heterocycles. The third kappa shape index (κ3) is 4.41. The first kappa shape index (κ1) is 14.6. The summed E-state index contributed by atoms with van der Waals surface area (Å²) in [5.41, 5.74) is 2.38. The second-order valence-corrected chi connectivity index (χ2v) is 3.06. The normalized spacial score (nSPS) is 13.7. The van der Waals surface area contributed by atoms with Gasteiger partial charge in [-0.1, -0.05) is 6.58 Å². The van der Waals surface area contributed by atoms with Crippen molar-refractivity contribution >= 4 is 12.0 Å². The molecule has 0 aliphatic heterocycles. The summed E-state index contributed by atoms with van der Waals surface area (Å²) in [5, 5.41) is 0. The highest BCUT2D eigenvalue weighted by molar-refractivity contribution is 5.86. The molecule has 91 valence electrons. The first-order chi connectivity index (χ1) is 7.50. The van der Waals surface area contributed by atoms with Crippen molar-refractivity contribution < 1.29 is 23.7 Å². The van der Waals surface area contributed by atoms with Crippen molar-refractivity contribution in [1.82, 2.24) is 5.43 Å². The van der Waals surface area contributed by atoms with Crippen molar-refractivity contribution in [1.29, 1.82) is 0 Å². The van der Waals surface area contributed by atoms with Crippen molar-refractivity contribution in [3.63, 3.8) is 0 Å². The third-order valence-corrected chi connectivity index (χ3v) is 1.80. The number of carbonyl (C=O) groups is 2. The Labute approximate surface area is 95.4 Å². The zero-order valence-corrected chi connectivity index (χ0v) is 9.69. The fraction of sp³-hybridized carbons (Fsp3) is 0.500. The number of methoxy groups -OCH3 is 1. The van der Waals surface area contributed by atoms with E-state index in [0.29, 0.717) is 0 Å². The van der Waals surface area contributed by atoms with E-state index in [4.69, 9.17) is 9.47 Å². The molecule has 0 aromatic carbocycles. The van der Waals surface area contributed by atoms with Gasteiger partial charge in [0.05, 0.1) is 13.2 Å². The largest absolute Gasteiger partial charge is 0.541 e. The quantitative estimate of drug-likeness (QED) is 0.427. The highest BCUT2D eigenvalue weighted by atomic mass is 16.6. The van der Waals surface area contributed by atoms with E-state index in [1.165, 1.54) is 7.11 Å². The lowest BCUT2D eigenvalue weighted by Crippen LogP contribution is -2.60. The average Bonchev–Trinajstić information content (AvgIpc) is 2.26. The maximum absolute atomic E-state index is 11.6. The lowest BCUT2D eigenvalue weighted by molar-refractivity contribution is -0.849. The lowest BCUT2D eigenvalue weighted by Gasteiger charge is -2.27. The highest BCUT2D eigenvalue weighted by Crippen LogP contribution is 2.04. The summed E-state index contributed by atoms with van der Waals surface area (Å²) in [7, 11) is 5.11. The molecule has 0 aromatic rings. The highest BCUT2D eigenvalue weighted by Gasteiger charge is 2.36. The Morgan fingerprint density at radius 3 is 2.56 bits per heavy atom. The van der Waals surface area contributed by atoms with Crippen LogP contribution in [0.1, 0.15) is 6.92 Å². The molecule has 16 heavy (non-hydrogen) atoms. The van der Waals surface area contributed by atoms with Crippen molar-refractivity contribution in [3.8, 4) is 0 Å². The van der Waals surface area contributed by atoms with Crippen LogP contribution >= 0.6 is 0 Å². The number of hydrogen-bond acceptors (Lipinski definition) is 4. The van der Waals surface area contributed by atoms with E-state index in [9.17, 15) is 9.59 Å². The van der Waals surface area contributed by atoms with Gasteiger partial charge in [0.25, 0.3) is 5.91 Å². The Morgan fingerprint density at radius 2 is 2.12 bits per heavy atom. The Morgan fingerprint density at radius 1 is 1.50 bits per heavy atom. The topological polar surface area (TPSA) is 64.6 Å². The van der Waals surface area contributed by atoms with Gasteiger partial charge in [0.1, 0.15) is 6.54 Å². The molecule has 6 heteroatoms. The average molecular weight is 230 g/mol. The van der Waals surface area contributed by atoms with Gasteiger partial charge in [-0.15, -0.1) is 4.59 Å². The van der Waals surface area contributed by atoms with Crippen molar-refractivity contribution in [2.45, 2.75) is 6.92 Å². The van der Waals surface area contributed by atoms with Crippen LogP contribution in [0, 0.1) is 7.05 Å². The number of amides is 2. The minimum atomic E-state index is -0.644. The van der Waals surface area contributed by atoms with Gasteiger partial charge < -0.3 is 9.47 Å². The van der Waals surface area contributed by atoms with E-state index < -0.39 is 16.6 Å². The zero-order chi connectivity index (χ0) is 12.6. The second kappa shape index (κ2) is 6.97. The second-order valence-electron chi connectivity index (χ2n) is 3.06. The fourth-order valence-electron chi connectivity index (χ4n) is 0.944. The molecule has 0 rings (SSSR count). The van der Waals surface area contributed by atoms with Crippen LogP contribution in [0.25, 0.3) is 0 Å². The number of nitrogens with one attached hydrogen (secondary N) is 1. The molecule has 0 bridgehead atoms. The summed E-state index contributed by atoms with van der Waals surface area (Å²) in [6.45, 7) is 5.62. The summed E-state index contributed by atoms with van der Waals surface area (Å²) in [5.74, 6) is -0.501. The minimum Gasteiger partial charge on any atom is -0.419 e. The molecule has 6 nitrogen and oxygen atoms in total. The molecule has 0 fully saturated rings. The number of quaternary nitrogens is 1. The number of carbonyl (C=O) groups excluding carboxylic acids is 2. The molecule has 0 aromatic heterocycles. The first-order valence-electron chi connectivity index (χ1n) is 4.83. The van der Waals surface area contributed by atoms with Crippen LogP contribution in [0.3, 0.4) is 0 Å². The van der Waals surface area contributed by atoms with E-state index in [1.54, 1.807) is 6.92 Å². The van der Waals surface area contributed by atoms with Crippen LogP contribution in [-0.2, 0) is 14.3 Å². The van der Waals surface area contributed by atoms with Crippen LogP contribution < -0.4 is 5.43 Å². The van der Waals surface area contributed by atoms with Crippen LogP contribution in [0.4, 0.5) is 4.79 Å². The summed E-state index contributed by atoms with van der Waals surface area (Å²) in [4.78, 5) is 22.8. The summed E-state index contributed by atoms with van der Waals surface area (Å²) in [6.07, 6.45) is 0.416. The molecule has 1 atom stereocenters. The summed E-state index contributed by atoms with van der Waals surface area (Å²) >= 11 is 0. The number of rotatable bonds is 5. The van der Waals surface area contributed by atoms with Gasteiger partial charge in [-0.25, -0.2) is 0 Å². The molecular weight excluding hydrogens is 212 g/mol. The van der Waals surface area contributed by atoms with Crippen LogP contribution in [-0.4, -0.2) is 43.5 Å². The van der Waals surface area contributed by atoms with Gasteiger partial charge in [0, 0.05) is 13.2 Å². The minimum absolute atomic E-state index is 0.176. The maximum Gasteiger partial charge on any atom is 0.541 e. The maximum atomic E-state index is 11.6. The predicted octanol–water partition coefficient (Wildman–Crippen LogP) is 0.615. The van der Waals surface area contributed by atoms with Crippen molar-refractivity contribution in [2.24, 2.45) is 0 Å². The van der Waals surface area contributed by atoms with Gasteiger partial charge in [-0.3, -0.25) is 4.79 Å². The number of nitrogens with zero attached hydrogens (tertiary/aromatic N) is 1. The zero-order valence-electron chi connectivity index (χ0n) is 9.69. The van der Waals surface area contributed by atoms with Gasteiger partial charge >= 0.3 is 6.09 Å². The van der Waals surface area contributed by atoms with Crippen molar-refractivity contribution in [3.05, 3.63) is 19.7 Å². The summed E-state index contributed by atoms with van der Waals surface area (Å²) in [6, 6.07) is 0. The molecule has 0 aliphatic rings. The van der Waals surface area contributed by atoms with E-state index in [0.717, 1.165) is 6.08 Å². The van der Waals surface area contributed by atoms with E-state index >= 15 is 0 Å². The van der Waals surface area contributed by atoms with E-state index in [1.807, 2.05) is 0 Å². The lowest BCUT2D eigenvalue weighted by atomic mass is 10.5. The Hall–Kier alpha value is -1.40. The Kier molecular flexibility index (Phi) is 6.36. The molecule has 0 heterocycles. The van der Waals surface area contributed by atoms with Gasteiger partial charge in [-0.2, -0.15) is 10.2 Å². The predicted molar refractivity (Wildman–Crippen MR) is 57.7 cm³/mol. The van der Waals surface area contributed by atoms with E-state index in [-0.39, 0.29) is 19.8 Å². The Bertz CT molecular complexity index is 268. The van der Waals surface area contributed by atoms with Crippen molar-refractivity contribution in [2.75, 3.05) is 26.9 Å². The molecule has 0 saturated carbocycles. The van der Waals surface area contributed by atoms with Crippen LogP contribution in [0.5, 0.6) is 0 Å². The number of hydrogen-bond donors (Lipinski definition) is 1. The fourth-order valence-corrected chi connectivity index (χ4v) is 0.944. The molecule has 1 unspecified atom stereocenters. The third-order valence-electron chi connectivity index (χ3n) is 1.80. The van der Waals surface area contributed by atoms with Crippen LogP contribution in [0.2, 0.25) is 0 Å². The van der Waals surface area contributed by atoms with Gasteiger partial charge in [0.15, 0.2) is 7.05 Å². The SMILES string of the molecule is [CH2][N+](CCOC)(NC(=O)C=C)C(=O)OCC. The smallest absolute Gasteiger partial charge is 0.419 e. The standard InChI is InChI=1S/C10H18N2O4/c1-5-9(13)11-12(3,7-8-15-4)10(14)16-6-2/h5H,1,3,6-8H2,2,4H3,(H,11,13)/q+1. The van der Waals surface area contributed by atoms with E-state index in [2.05, 4.69) is 19.1 Å².